The summed E-state index contributed by atoms with van der Waals surface area (Å²) in [5, 5.41) is 3.27. The molecule has 0 unspecified atom stereocenters. The first kappa shape index (κ1) is 11.6. The van der Waals surface area contributed by atoms with Gasteiger partial charge in [0.2, 0.25) is 0 Å². The Hall–Kier alpha value is -0.870. The van der Waals surface area contributed by atoms with Crippen molar-refractivity contribution < 1.29 is 0 Å². The Morgan fingerprint density at radius 2 is 1.81 bits per heavy atom. The second-order valence-electron chi connectivity index (χ2n) is 3.29. The van der Waals surface area contributed by atoms with Crippen LogP contribution >= 0.6 is 31.9 Å². The van der Waals surface area contributed by atoms with Gasteiger partial charge < -0.3 is 5.32 Å². The number of pyridine rings is 1. The Kier molecular flexibility index (Phi) is 3.96. The molecule has 1 N–H and O–H groups in total. The Labute approximate surface area is 111 Å². The van der Waals surface area contributed by atoms with Gasteiger partial charge in [0.15, 0.2) is 0 Å². The van der Waals surface area contributed by atoms with E-state index in [0.29, 0.717) is 0 Å². The van der Waals surface area contributed by atoms with Gasteiger partial charge in [0.05, 0.1) is 0 Å². The molecule has 16 heavy (non-hydrogen) atoms. The monoisotopic (exact) mass is 340 g/mol. The molecule has 1 aromatic heterocycles. The summed E-state index contributed by atoms with van der Waals surface area (Å²) in [5.41, 5.74) is 1.21. The molecule has 2 nitrogen and oxygen atoms in total. The van der Waals surface area contributed by atoms with Crippen molar-refractivity contribution in [1.29, 1.82) is 0 Å². The third-order valence-corrected chi connectivity index (χ3v) is 3.35. The molecule has 1 heterocycles. The lowest BCUT2D eigenvalue weighted by Gasteiger charge is -2.07. The lowest BCUT2D eigenvalue weighted by Crippen LogP contribution is -2.01. The SMILES string of the molecule is Brc1cccc(NCc2ccccc2Br)n1. The van der Waals surface area contributed by atoms with Gasteiger partial charge in [0.25, 0.3) is 0 Å². The van der Waals surface area contributed by atoms with E-state index in [0.717, 1.165) is 21.4 Å². The van der Waals surface area contributed by atoms with Crippen LogP contribution in [0.25, 0.3) is 0 Å². The molecule has 0 radical (unpaired) electrons. The standard InChI is InChI=1S/C12H10Br2N2/c13-10-5-2-1-4-9(10)8-15-12-7-3-6-11(14)16-12/h1-7H,8H2,(H,15,16). The van der Waals surface area contributed by atoms with E-state index in [-0.39, 0.29) is 0 Å². The molecule has 4 heteroatoms. The second kappa shape index (κ2) is 5.46. The smallest absolute Gasteiger partial charge is 0.127 e. The lowest BCUT2D eigenvalue weighted by atomic mass is 10.2. The molecule has 0 fully saturated rings. The molecule has 0 amide bonds. The first-order chi connectivity index (χ1) is 7.75. The van der Waals surface area contributed by atoms with Gasteiger partial charge in [-0.2, -0.15) is 0 Å². The third-order valence-electron chi connectivity index (χ3n) is 2.13. The number of nitrogens with one attached hydrogen (secondary N) is 1. The van der Waals surface area contributed by atoms with Crippen molar-refractivity contribution in [2.24, 2.45) is 0 Å². The predicted octanol–water partition coefficient (Wildman–Crippen LogP) is 4.22. The van der Waals surface area contributed by atoms with Crippen LogP contribution in [0, 0.1) is 0 Å². The topological polar surface area (TPSA) is 24.9 Å². The first-order valence-electron chi connectivity index (χ1n) is 4.85. The van der Waals surface area contributed by atoms with Gasteiger partial charge in [-0.25, -0.2) is 4.98 Å². The number of halogens is 2. The lowest BCUT2D eigenvalue weighted by molar-refractivity contribution is 1.09. The van der Waals surface area contributed by atoms with Crippen molar-refractivity contribution in [2.45, 2.75) is 6.54 Å². The van der Waals surface area contributed by atoms with Crippen LogP contribution in [-0.2, 0) is 6.54 Å². The quantitative estimate of drug-likeness (QED) is 0.845. The zero-order valence-corrected chi connectivity index (χ0v) is 11.6. The summed E-state index contributed by atoms with van der Waals surface area (Å²) in [7, 11) is 0. The minimum Gasteiger partial charge on any atom is -0.366 e. The highest BCUT2D eigenvalue weighted by atomic mass is 79.9. The van der Waals surface area contributed by atoms with Gasteiger partial charge in [0.1, 0.15) is 10.4 Å². The molecule has 0 atom stereocenters. The van der Waals surface area contributed by atoms with Crippen LogP contribution < -0.4 is 5.32 Å². The predicted molar refractivity (Wildman–Crippen MR) is 73.4 cm³/mol. The summed E-state index contributed by atoms with van der Waals surface area (Å²) in [6, 6.07) is 14.0. The van der Waals surface area contributed by atoms with Crippen LogP contribution in [-0.4, -0.2) is 4.98 Å². The maximum Gasteiger partial charge on any atom is 0.127 e. The molecule has 1 aromatic carbocycles. The van der Waals surface area contributed by atoms with E-state index in [9.17, 15) is 0 Å². The van der Waals surface area contributed by atoms with E-state index in [2.05, 4.69) is 48.2 Å². The Balaban J connectivity index is 2.05. The molecule has 0 aliphatic carbocycles. The fourth-order valence-electron chi connectivity index (χ4n) is 1.33. The molecule has 2 aromatic rings. The number of aromatic nitrogens is 1. The molecular formula is C12H10Br2N2. The molecule has 0 spiro atoms. The minimum atomic E-state index is 0.755. The van der Waals surface area contributed by atoms with E-state index in [1.807, 2.05) is 36.4 Å². The third kappa shape index (κ3) is 3.06. The van der Waals surface area contributed by atoms with Crippen LogP contribution in [0.4, 0.5) is 5.82 Å². The van der Waals surface area contributed by atoms with Crippen molar-refractivity contribution in [3.8, 4) is 0 Å². The molecule has 0 aliphatic heterocycles. The van der Waals surface area contributed by atoms with Gasteiger partial charge in [-0.05, 0) is 39.7 Å². The fraction of sp³-hybridized carbons (Fsp3) is 0.0833. The summed E-state index contributed by atoms with van der Waals surface area (Å²) < 4.78 is 1.95. The highest BCUT2D eigenvalue weighted by Gasteiger charge is 1.99. The van der Waals surface area contributed by atoms with Gasteiger partial charge in [0, 0.05) is 11.0 Å². The van der Waals surface area contributed by atoms with E-state index in [1.165, 1.54) is 5.56 Å². The van der Waals surface area contributed by atoms with E-state index < -0.39 is 0 Å². The normalized spacial score (nSPS) is 10.1. The molecular weight excluding hydrogens is 332 g/mol. The molecule has 0 saturated carbocycles. The van der Waals surface area contributed by atoms with Gasteiger partial charge in [-0.3, -0.25) is 0 Å². The van der Waals surface area contributed by atoms with Crippen molar-refractivity contribution in [2.75, 3.05) is 5.32 Å². The minimum absolute atomic E-state index is 0.755. The Morgan fingerprint density at radius 1 is 1.00 bits per heavy atom. The maximum atomic E-state index is 4.31. The molecule has 0 aliphatic rings. The van der Waals surface area contributed by atoms with Gasteiger partial charge in [-0.1, -0.05) is 40.2 Å². The van der Waals surface area contributed by atoms with Crippen LogP contribution in [0.3, 0.4) is 0 Å². The summed E-state index contributed by atoms with van der Waals surface area (Å²) in [4.78, 5) is 4.31. The second-order valence-corrected chi connectivity index (χ2v) is 4.96. The van der Waals surface area contributed by atoms with Crippen LogP contribution in [0.2, 0.25) is 0 Å². The number of hydrogen-bond acceptors (Lipinski definition) is 2. The Morgan fingerprint density at radius 3 is 2.56 bits per heavy atom. The summed E-state index contributed by atoms with van der Waals surface area (Å²) in [5.74, 6) is 0.866. The number of rotatable bonds is 3. The number of hydrogen-bond donors (Lipinski definition) is 1. The van der Waals surface area contributed by atoms with Gasteiger partial charge in [-0.15, -0.1) is 0 Å². The molecule has 2 rings (SSSR count). The molecule has 0 saturated heterocycles. The van der Waals surface area contributed by atoms with Crippen LogP contribution in [0.5, 0.6) is 0 Å². The summed E-state index contributed by atoms with van der Waals surface area (Å²) in [6.07, 6.45) is 0. The zero-order chi connectivity index (χ0) is 11.4. The summed E-state index contributed by atoms with van der Waals surface area (Å²) in [6.45, 7) is 0.755. The largest absolute Gasteiger partial charge is 0.366 e. The average molecular weight is 342 g/mol. The molecule has 82 valence electrons. The van der Waals surface area contributed by atoms with E-state index in [1.54, 1.807) is 0 Å². The van der Waals surface area contributed by atoms with Crippen molar-refractivity contribution in [3.05, 3.63) is 57.1 Å². The average Bonchev–Trinajstić information content (AvgIpc) is 2.28. The Bertz CT molecular complexity index is 486. The van der Waals surface area contributed by atoms with E-state index in [4.69, 9.17) is 0 Å². The summed E-state index contributed by atoms with van der Waals surface area (Å²) >= 11 is 6.86. The number of benzene rings is 1. The first-order valence-corrected chi connectivity index (χ1v) is 6.44. The van der Waals surface area contributed by atoms with E-state index >= 15 is 0 Å². The van der Waals surface area contributed by atoms with Crippen LogP contribution in [0.1, 0.15) is 5.56 Å². The van der Waals surface area contributed by atoms with Crippen molar-refractivity contribution in [1.82, 2.24) is 4.98 Å². The maximum absolute atomic E-state index is 4.31. The van der Waals surface area contributed by atoms with Crippen molar-refractivity contribution in [3.63, 3.8) is 0 Å². The number of anilines is 1. The highest BCUT2D eigenvalue weighted by molar-refractivity contribution is 9.10. The zero-order valence-electron chi connectivity index (χ0n) is 8.45. The van der Waals surface area contributed by atoms with Crippen LogP contribution in [0.15, 0.2) is 51.5 Å². The van der Waals surface area contributed by atoms with Crippen molar-refractivity contribution >= 4 is 37.7 Å². The highest BCUT2D eigenvalue weighted by Crippen LogP contribution is 2.17. The molecule has 0 bridgehead atoms. The number of nitrogens with zero attached hydrogens (tertiary/aromatic N) is 1. The fourth-order valence-corrected chi connectivity index (χ4v) is 2.10. The van der Waals surface area contributed by atoms with Gasteiger partial charge >= 0.3 is 0 Å².